The third-order valence-corrected chi connectivity index (χ3v) is 2.99. The van der Waals surface area contributed by atoms with Crippen LogP contribution in [0, 0.1) is 0 Å². The van der Waals surface area contributed by atoms with Crippen molar-refractivity contribution in [1.82, 2.24) is 5.32 Å². The zero-order valence-electron chi connectivity index (χ0n) is 15.2. The van der Waals surface area contributed by atoms with E-state index in [4.69, 9.17) is 26.8 Å². The van der Waals surface area contributed by atoms with Gasteiger partial charge < -0.3 is 32.1 Å². The smallest absolute Gasteiger partial charge is 0.323 e. The first-order valence-electron chi connectivity index (χ1n) is 7.76. The molecular formula is C15H33N3O6. The van der Waals surface area contributed by atoms with Gasteiger partial charge in [0.15, 0.2) is 0 Å². The summed E-state index contributed by atoms with van der Waals surface area (Å²) in [6.07, 6.45) is 2.78. The van der Waals surface area contributed by atoms with Crippen LogP contribution in [0.4, 0.5) is 0 Å². The van der Waals surface area contributed by atoms with Crippen molar-refractivity contribution in [3.05, 3.63) is 0 Å². The number of nitrogens with two attached hydrogens (primary N) is 2. The molecule has 9 nitrogen and oxygen atoms in total. The van der Waals surface area contributed by atoms with Gasteiger partial charge in [-0.15, -0.1) is 0 Å². The second kappa shape index (κ2) is 14.9. The van der Waals surface area contributed by atoms with E-state index in [1.807, 2.05) is 13.8 Å². The minimum atomic E-state index is -0.910. The van der Waals surface area contributed by atoms with Gasteiger partial charge >= 0.3 is 17.9 Å². The molecule has 0 aliphatic carbocycles. The van der Waals surface area contributed by atoms with E-state index in [0.29, 0.717) is 12.8 Å². The number of hydrogen-bond donors (Lipinski definition) is 6. The van der Waals surface area contributed by atoms with Gasteiger partial charge in [-0.1, -0.05) is 26.7 Å². The van der Waals surface area contributed by atoms with Crippen molar-refractivity contribution in [2.24, 2.45) is 11.5 Å². The Morgan fingerprint density at radius 1 is 0.917 bits per heavy atom. The Hall–Kier alpha value is -1.71. The standard InChI is InChI=1S/3C5H11NO2/c1-5(2,6-3)4(7)8;2*1-2-3-4(6)5(7)8/h6H,1-3H3,(H,7,8);2*4H,2-3,6H2,1H3,(H,7,8)/t;2*4-/m.00/s1. The molecule has 0 aromatic heterocycles. The van der Waals surface area contributed by atoms with E-state index < -0.39 is 35.5 Å². The van der Waals surface area contributed by atoms with Crippen molar-refractivity contribution in [3.8, 4) is 0 Å². The minimum absolute atomic E-state index is 0.565. The number of carboxylic acid groups (broad SMARTS) is 3. The maximum atomic E-state index is 10.2. The highest BCUT2D eigenvalue weighted by atomic mass is 16.4. The third kappa shape index (κ3) is 16.7. The van der Waals surface area contributed by atoms with Gasteiger partial charge in [0.2, 0.25) is 0 Å². The molecule has 0 heterocycles. The first-order valence-corrected chi connectivity index (χ1v) is 7.76. The first kappa shape index (κ1) is 27.2. The highest BCUT2D eigenvalue weighted by molar-refractivity contribution is 5.77. The lowest BCUT2D eigenvalue weighted by Crippen LogP contribution is -2.44. The van der Waals surface area contributed by atoms with Crippen LogP contribution in [0.3, 0.4) is 0 Å². The summed E-state index contributed by atoms with van der Waals surface area (Å²) in [6.45, 7) is 7.02. The number of hydrogen-bond acceptors (Lipinski definition) is 6. The van der Waals surface area contributed by atoms with E-state index in [2.05, 4.69) is 5.32 Å². The summed E-state index contributed by atoms with van der Waals surface area (Å²) in [5.41, 5.74) is 9.46. The maximum Gasteiger partial charge on any atom is 0.323 e. The van der Waals surface area contributed by atoms with Crippen molar-refractivity contribution >= 4 is 17.9 Å². The Kier molecular flexibility index (Phi) is 16.8. The van der Waals surface area contributed by atoms with Gasteiger partial charge in [-0.25, -0.2) is 0 Å². The fraction of sp³-hybridized carbons (Fsp3) is 0.800. The summed E-state index contributed by atoms with van der Waals surface area (Å²) < 4.78 is 0. The van der Waals surface area contributed by atoms with E-state index in [1.54, 1.807) is 20.9 Å². The number of likely N-dealkylation sites (N-methyl/N-ethyl adjacent to an activating group) is 1. The topological polar surface area (TPSA) is 176 Å². The summed E-state index contributed by atoms with van der Waals surface area (Å²) in [4.78, 5) is 30.1. The zero-order chi connectivity index (χ0) is 19.9. The number of carbonyl (C=O) groups is 3. The van der Waals surface area contributed by atoms with Crippen LogP contribution in [0.5, 0.6) is 0 Å². The molecule has 24 heavy (non-hydrogen) atoms. The van der Waals surface area contributed by atoms with Crippen molar-refractivity contribution in [1.29, 1.82) is 0 Å². The fourth-order valence-electron chi connectivity index (χ4n) is 0.976. The molecule has 0 fully saturated rings. The van der Waals surface area contributed by atoms with Gasteiger partial charge in [0, 0.05) is 0 Å². The SMILES string of the molecule is CCC[C@H](N)C(=O)O.CCC[C@H](N)C(=O)O.CNC(C)(C)C(=O)O. The summed E-state index contributed by atoms with van der Waals surface area (Å²) in [5.74, 6) is -2.65. The lowest BCUT2D eigenvalue weighted by Gasteiger charge is -2.16. The molecule has 144 valence electrons. The lowest BCUT2D eigenvalue weighted by atomic mass is 10.1. The monoisotopic (exact) mass is 351 g/mol. The average molecular weight is 351 g/mol. The molecule has 0 amide bonds. The predicted molar refractivity (Wildman–Crippen MR) is 91.8 cm³/mol. The average Bonchev–Trinajstić information content (AvgIpc) is 2.48. The zero-order valence-corrected chi connectivity index (χ0v) is 15.2. The Balaban J connectivity index is -0.000000276. The summed E-state index contributed by atoms with van der Waals surface area (Å²) in [7, 11) is 1.62. The Morgan fingerprint density at radius 2 is 1.21 bits per heavy atom. The van der Waals surface area contributed by atoms with Crippen LogP contribution in [0.2, 0.25) is 0 Å². The molecule has 0 unspecified atom stereocenters. The predicted octanol–water partition coefficient (Wildman–Crippen LogP) is 0.466. The molecule has 0 saturated heterocycles. The normalized spacial score (nSPS) is 12.6. The minimum Gasteiger partial charge on any atom is -0.480 e. The Bertz CT molecular complexity index is 352. The molecular weight excluding hydrogens is 318 g/mol. The van der Waals surface area contributed by atoms with Gasteiger partial charge in [-0.2, -0.15) is 0 Å². The molecule has 0 rings (SSSR count). The van der Waals surface area contributed by atoms with Gasteiger partial charge in [0.1, 0.15) is 17.6 Å². The highest BCUT2D eigenvalue weighted by Gasteiger charge is 2.23. The molecule has 0 bridgehead atoms. The molecule has 0 spiro atoms. The van der Waals surface area contributed by atoms with E-state index >= 15 is 0 Å². The molecule has 0 saturated carbocycles. The maximum absolute atomic E-state index is 10.2. The van der Waals surface area contributed by atoms with E-state index in [-0.39, 0.29) is 0 Å². The van der Waals surface area contributed by atoms with Gasteiger partial charge in [-0.3, -0.25) is 14.4 Å². The Morgan fingerprint density at radius 3 is 1.25 bits per heavy atom. The van der Waals surface area contributed by atoms with Crippen LogP contribution >= 0.6 is 0 Å². The number of aliphatic carboxylic acids is 3. The van der Waals surface area contributed by atoms with Crippen LogP contribution in [0.25, 0.3) is 0 Å². The lowest BCUT2D eigenvalue weighted by molar-refractivity contribution is -0.143. The van der Waals surface area contributed by atoms with Crippen molar-refractivity contribution in [3.63, 3.8) is 0 Å². The quantitative estimate of drug-likeness (QED) is 0.363. The van der Waals surface area contributed by atoms with Crippen LogP contribution in [-0.2, 0) is 14.4 Å². The molecule has 0 aromatic rings. The van der Waals surface area contributed by atoms with Crippen molar-refractivity contribution in [2.45, 2.75) is 71.0 Å². The molecule has 0 aliphatic heterocycles. The van der Waals surface area contributed by atoms with Crippen LogP contribution in [0.15, 0.2) is 0 Å². The largest absolute Gasteiger partial charge is 0.480 e. The van der Waals surface area contributed by atoms with Crippen molar-refractivity contribution < 1.29 is 29.7 Å². The summed E-state index contributed by atoms with van der Waals surface area (Å²) in [5, 5.41) is 27.4. The molecule has 0 aromatic carbocycles. The van der Waals surface area contributed by atoms with Gasteiger partial charge in [0.25, 0.3) is 0 Å². The van der Waals surface area contributed by atoms with Gasteiger partial charge in [-0.05, 0) is 33.7 Å². The second-order valence-corrected chi connectivity index (χ2v) is 5.65. The van der Waals surface area contributed by atoms with Crippen LogP contribution < -0.4 is 16.8 Å². The number of nitrogens with one attached hydrogen (secondary N) is 1. The molecule has 8 N–H and O–H groups in total. The summed E-state index contributed by atoms with van der Waals surface area (Å²) in [6, 6.07) is -1.33. The van der Waals surface area contributed by atoms with E-state index in [1.165, 1.54) is 0 Å². The fourth-order valence-corrected chi connectivity index (χ4v) is 0.976. The van der Waals surface area contributed by atoms with E-state index in [9.17, 15) is 14.4 Å². The molecule has 0 radical (unpaired) electrons. The molecule has 0 aliphatic rings. The highest BCUT2D eigenvalue weighted by Crippen LogP contribution is 1.98. The Labute approximate surface area is 143 Å². The van der Waals surface area contributed by atoms with Crippen LogP contribution in [-0.4, -0.2) is 57.9 Å². The number of carboxylic acids is 3. The second-order valence-electron chi connectivity index (χ2n) is 5.65. The van der Waals surface area contributed by atoms with Gasteiger partial charge in [0.05, 0.1) is 0 Å². The third-order valence-electron chi connectivity index (χ3n) is 2.99. The molecule has 2 atom stereocenters. The number of rotatable bonds is 8. The van der Waals surface area contributed by atoms with E-state index in [0.717, 1.165) is 12.8 Å². The molecule has 9 heteroatoms. The van der Waals surface area contributed by atoms with Crippen molar-refractivity contribution in [2.75, 3.05) is 7.05 Å². The summed E-state index contributed by atoms with van der Waals surface area (Å²) >= 11 is 0. The van der Waals surface area contributed by atoms with Crippen LogP contribution in [0.1, 0.15) is 53.4 Å². The first-order chi connectivity index (χ1) is 10.9.